The predicted molar refractivity (Wildman–Crippen MR) is 82.7 cm³/mol. The minimum Gasteiger partial charge on any atom is -0.390 e. The van der Waals surface area contributed by atoms with Crippen molar-refractivity contribution in [1.29, 1.82) is 0 Å². The predicted octanol–water partition coefficient (Wildman–Crippen LogP) is 3.56. The molecule has 0 aromatic rings. The summed E-state index contributed by atoms with van der Waals surface area (Å²) in [5.41, 5.74) is -0.555. The van der Waals surface area contributed by atoms with Gasteiger partial charge in [0, 0.05) is 19.6 Å². The van der Waals surface area contributed by atoms with Crippen LogP contribution in [-0.2, 0) is 14.3 Å². The molecule has 0 aromatic heterocycles. The van der Waals surface area contributed by atoms with Crippen molar-refractivity contribution in [3.8, 4) is 0 Å². The second-order valence-corrected chi connectivity index (χ2v) is 5.69. The molecule has 0 amide bonds. The molecule has 1 atom stereocenters. The van der Waals surface area contributed by atoms with Gasteiger partial charge >= 0.3 is 0 Å². The van der Waals surface area contributed by atoms with E-state index in [0.29, 0.717) is 12.3 Å². The quantitative estimate of drug-likeness (QED) is 0.494. The molecule has 0 spiro atoms. The van der Waals surface area contributed by atoms with E-state index < -0.39 is 5.60 Å². The highest BCUT2D eigenvalue weighted by Crippen LogP contribution is 2.16. The molecule has 0 radical (unpaired) electrons. The first-order valence-corrected chi connectivity index (χ1v) is 7.66. The van der Waals surface area contributed by atoms with Gasteiger partial charge < -0.3 is 19.4 Å². The smallest absolute Gasteiger partial charge is 0.154 e. The van der Waals surface area contributed by atoms with E-state index in [-0.39, 0.29) is 6.29 Å². The van der Waals surface area contributed by atoms with E-state index in [2.05, 4.69) is 6.92 Å². The highest BCUT2D eigenvalue weighted by Gasteiger charge is 2.12. The van der Waals surface area contributed by atoms with Crippen LogP contribution in [0.5, 0.6) is 0 Å². The van der Waals surface area contributed by atoms with Crippen LogP contribution in [0.2, 0.25) is 0 Å². The Hall–Kier alpha value is -0.450. The summed E-state index contributed by atoms with van der Waals surface area (Å²) in [6.45, 7) is 13.0. The van der Waals surface area contributed by atoms with Gasteiger partial charge in [0.25, 0.3) is 0 Å². The lowest BCUT2D eigenvalue weighted by molar-refractivity contribution is -0.123. The summed E-state index contributed by atoms with van der Waals surface area (Å²) >= 11 is 0. The largest absolute Gasteiger partial charge is 0.390 e. The van der Waals surface area contributed by atoms with Gasteiger partial charge in [-0.2, -0.15) is 0 Å². The molecule has 20 heavy (non-hydrogen) atoms. The third kappa shape index (κ3) is 19.9. The maximum atomic E-state index is 10.1. The number of carbonyl (C=O) groups is 1. The molecule has 0 saturated heterocycles. The van der Waals surface area contributed by atoms with Crippen LogP contribution in [0.25, 0.3) is 0 Å². The van der Waals surface area contributed by atoms with Gasteiger partial charge in [0.05, 0.1) is 5.60 Å². The molecule has 0 bridgehead atoms. The third-order valence-corrected chi connectivity index (χ3v) is 2.79. The highest BCUT2D eigenvalue weighted by molar-refractivity contribution is 5.49. The number of ether oxygens (including phenoxy) is 2. The van der Waals surface area contributed by atoms with Crippen LogP contribution in [0.4, 0.5) is 0 Å². The van der Waals surface area contributed by atoms with Crippen molar-refractivity contribution in [2.45, 2.75) is 79.1 Å². The Bertz CT molecular complexity index is 205. The zero-order valence-corrected chi connectivity index (χ0v) is 14.1. The summed E-state index contributed by atoms with van der Waals surface area (Å²) in [7, 11) is 0. The molecule has 0 fully saturated rings. The van der Waals surface area contributed by atoms with Crippen molar-refractivity contribution in [2.24, 2.45) is 5.92 Å². The summed E-state index contributed by atoms with van der Waals surface area (Å²) in [5, 5.41) is 9.39. The molecule has 4 heteroatoms. The molecule has 0 aliphatic heterocycles. The lowest BCUT2D eigenvalue weighted by Gasteiger charge is -2.17. The van der Waals surface area contributed by atoms with E-state index in [1.807, 2.05) is 34.6 Å². The van der Waals surface area contributed by atoms with Gasteiger partial charge in [0.2, 0.25) is 0 Å². The van der Waals surface area contributed by atoms with Crippen LogP contribution in [0.3, 0.4) is 0 Å². The molecular weight excluding hydrogens is 256 g/mol. The van der Waals surface area contributed by atoms with Crippen LogP contribution in [-0.4, -0.2) is 36.5 Å². The van der Waals surface area contributed by atoms with Gasteiger partial charge in [-0.15, -0.1) is 0 Å². The molecule has 0 rings (SSSR count). The van der Waals surface area contributed by atoms with Gasteiger partial charge in [0.1, 0.15) is 6.29 Å². The van der Waals surface area contributed by atoms with E-state index in [1.165, 1.54) is 0 Å². The van der Waals surface area contributed by atoms with Crippen molar-refractivity contribution in [1.82, 2.24) is 0 Å². The van der Waals surface area contributed by atoms with Gasteiger partial charge in [0.15, 0.2) is 6.29 Å². The molecule has 0 aliphatic carbocycles. The second-order valence-electron chi connectivity index (χ2n) is 5.69. The average molecular weight is 290 g/mol. The van der Waals surface area contributed by atoms with Gasteiger partial charge in [-0.3, -0.25) is 0 Å². The van der Waals surface area contributed by atoms with E-state index in [4.69, 9.17) is 9.47 Å². The Morgan fingerprint density at radius 3 is 2.00 bits per heavy atom. The summed E-state index contributed by atoms with van der Waals surface area (Å²) in [4.78, 5) is 10.1. The Kier molecular flexibility index (Phi) is 14.8. The maximum absolute atomic E-state index is 10.1. The fourth-order valence-electron chi connectivity index (χ4n) is 1.68. The molecule has 4 nitrogen and oxygen atoms in total. The molecular formula is C16H34O4. The van der Waals surface area contributed by atoms with Gasteiger partial charge in [-0.25, -0.2) is 0 Å². The Labute approximate surface area is 124 Å². The fraction of sp³-hybridized carbons (Fsp3) is 0.938. The fourth-order valence-corrected chi connectivity index (χ4v) is 1.68. The molecule has 0 aliphatic rings. The van der Waals surface area contributed by atoms with Gasteiger partial charge in [-0.05, 0) is 47.0 Å². The van der Waals surface area contributed by atoms with Crippen molar-refractivity contribution >= 4 is 6.29 Å². The Morgan fingerprint density at radius 1 is 1.15 bits per heavy atom. The molecule has 0 aromatic carbocycles. The second kappa shape index (κ2) is 13.5. The van der Waals surface area contributed by atoms with E-state index in [1.54, 1.807) is 0 Å². The lowest BCUT2D eigenvalue weighted by atomic mass is 9.96. The Morgan fingerprint density at radius 2 is 1.65 bits per heavy atom. The first kappa shape index (κ1) is 21.8. The highest BCUT2D eigenvalue weighted by atomic mass is 16.7. The van der Waals surface area contributed by atoms with Crippen molar-refractivity contribution < 1.29 is 19.4 Å². The normalized spacial score (nSPS) is 12.8. The van der Waals surface area contributed by atoms with Crippen LogP contribution >= 0.6 is 0 Å². The number of carbonyl (C=O) groups excluding carboxylic acids is 1. The molecule has 1 unspecified atom stereocenters. The summed E-state index contributed by atoms with van der Waals surface area (Å²) in [6, 6.07) is 0. The van der Waals surface area contributed by atoms with E-state index in [9.17, 15) is 9.90 Å². The minimum absolute atomic E-state index is 0.0370. The first-order valence-electron chi connectivity index (χ1n) is 7.66. The number of aldehydes is 1. The van der Waals surface area contributed by atoms with Gasteiger partial charge in [-0.1, -0.05) is 19.8 Å². The number of aliphatic hydroxyl groups is 1. The van der Waals surface area contributed by atoms with Crippen LogP contribution in [0.15, 0.2) is 0 Å². The third-order valence-electron chi connectivity index (χ3n) is 2.79. The zero-order chi connectivity index (χ0) is 16.0. The minimum atomic E-state index is -0.555. The van der Waals surface area contributed by atoms with Crippen LogP contribution in [0, 0.1) is 5.92 Å². The molecule has 0 saturated carbocycles. The first-order chi connectivity index (χ1) is 9.26. The maximum Gasteiger partial charge on any atom is 0.154 e. The van der Waals surface area contributed by atoms with Crippen molar-refractivity contribution in [2.75, 3.05) is 13.2 Å². The van der Waals surface area contributed by atoms with Crippen molar-refractivity contribution in [3.63, 3.8) is 0 Å². The summed E-state index contributed by atoms with van der Waals surface area (Å²) < 4.78 is 10.1. The SMILES string of the molecule is CC(CC=O)CCCC(C)(C)O.CCOC(C)OCC. The van der Waals surface area contributed by atoms with Crippen LogP contribution < -0.4 is 0 Å². The standard InChI is InChI=1S/C10H20O2.C6H14O2/c1-9(6-8-11)5-4-7-10(2,3)12;1-4-7-6(3)8-5-2/h8-9,12H,4-7H2,1-3H3;6H,4-5H2,1-3H3. The summed E-state index contributed by atoms with van der Waals surface area (Å²) in [5.74, 6) is 0.463. The zero-order valence-electron chi connectivity index (χ0n) is 14.1. The van der Waals surface area contributed by atoms with Crippen LogP contribution in [0.1, 0.15) is 67.2 Å². The molecule has 0 heterocycles. The molecule has 122 valence electrons. The average Bonchev–Trinajstić information content (AvgIpc) is 2.29. The van der Waals surface area contributed by atoms with Crippen molar-refractivity contribution in [3.05, 3.63) is 0 Å². The molecule has 1 N–H and O–H groups in total. The summed E-state index contributed by atoms with van der Waals surface area (Å²) in [6.07, 6.45) is 4.42. The number of rotatable bonds is 10. The monoisotopic (exact) mass is 290 g/mol. The number of hydrogen-bond acceptors (Lipinski definition) is 4. The lowest BCUT2D eigenvalue weighted by Crippen LogP contribution is -2.18. The Balaban J connectivity index is 0. The topological polar surface area (TPSA) is 55.8 Å². The van der Waals surface area contributed by atoms with E-state index >= 15 is 0 Å². The number of hydrogen-bond donors (Lipinski definition) is 1. The van der Waals surface area contributed by atoms with E-state index in [0.717, 1.165) is 38.8 Å².